The number of aromatic amines is 1. The summed E-state index contributed by atoms with van der Waals surface area (Å²) in [5.74, 6) is 0.790. The van der Waals surface area contributed by atoms with E-state index in [0.29, 0.717) is 17.2 Å². The van der Waals surface area contributed by atoms with E-state index in [2.05, 4.69) is 38.1 Å². The second-order valence-electron chi connectivity index (χ2n) is 6.31. The maximum absolute atomic E-state index is 11.9. The van der Waals surface area contributed by atoms with Crippen LogP contribution >= 0.6 is 0 Å². The number of hydrogen-bond acceptors (Lipinski definition) is 6. The summed E-state index contributed by atoms with van der Waals surface area (Å²) in [5.41, 5.74) is 3.17. The molecule has 1 aliphatic heterocycles. The highest BCUT2D eigenvalue weighted by atomic mass is 32.2. The molecule has 0 spiro atoms. The van der Waals surface area contributed by atoms with Crippen molar-refractivity contribution in [2.75, 3.05) is 13.1 Å². The van der Waals surface area contributed by atoms with E-state index in [4.69, 9.17) is 5.14 Å². The Balaban J connectivity index is 1.75. The predicted octanol–water partition coefficient (Wildman–Crippen LogP) is 0.854. The molecule has 0 amide bonds. The molecule has 136 valence electrons. The third kappa shape index (κ3) is 3.14. The van der Waals surface area contributed by atoms with Gasteiger partial charge in [0.1, 0.15) is 5.69 Å². The fourth-order valence-corrected chi connectivity index (χ4v) is 4.11. The number of rotatable bonds is 4. The summed E-state index contributed by atoms with van der Waals surface area (Å²) < 4.78 is 24.8. The van der Waals surface area contributed by atoms with E-state index >= 15 is 0 Å². The van der Waals surface area contributed by atoms with Crippen molar-refractivity contribution in [1.82, 2.24) is 29.9 Å². The highest BCUT2D eigenvalue weighted by molar-refractivity contribution is 7.87. The van der Waals surface area contributed by atoms with E-state index in [1.165, 1.54) is 11.8 Å². The molecule has 0 unspecified atom stereocenters. The van der Waals surface area contributed by atoms with Gasteiger partial charge in [-0.1, -0.05) is 24.3 Å². The molecule has 4 N–H and O–H groups in total. The Morgan fingerprint density at radius 2 is 1.85 bits per heavy atom. The molecule has 0 bridgehead atoms. The van der Waals surface area contributed by atoms with Crippen molar-refractivity contribution in [2.24, 2.45) is 5.14 Å². The highest BCUT2D eigenvalue weighted by Gasteiger charge is 2.22. The van der Waals surface area contributed by atoms with Gasteiger partial charge in [-0.3, -0.25) is 0 Å². The zero-order chi connectivity index (χ0) is 18.1. The lowest BCUT2D eigenvalue weighted by Gasteiger charge is -2.23. The molecule has 26 heavy (non-hydrogen) atoms. The lowest BCUT2D eigenvalue weighted by molar-refractivity contribution is 0.460. The van der Waals surface area contributed by atoms with Gasteiger partial charge in [0.2, 0.25) is 0 Å². The first-order valence-corrected chi connectivity index (χ1v) is 9.84. The van der Waals surface area contributed by atoms with Crippen molar-refractivity contribution in [3.8, 4) is 22.6 Å². The van der Waals surface area contributed by atoms with Crippen LogP contribution in [0, 0.1) is 0 Å². The van der Waals surface area contributed by atoms with Gasteiger partial charge in [0.25, 0.3) is 0 Å². The summed E-state index contributed by atoms with van der Waals surface area (Å²) >= 11 is 0. The van der Waals surface area contributed by atoms with Crippen LogP contribution in [0.15, 0.2) is 36.5 Å². The molecule has 10 heteroatoms. The summed E-state index contributed by atoms with van der Waals surface area (Å²) in [5, 5.41) is 22.2. The minimum atomic E-state index is -3.98. The molecule has 2 aromatic heterocycles. The number of piperidine rings is 1. The van der Waals surface area contributed by atoms with Gasteiger partial charge >= 0.3 is 10.2 Å². The Hall–Kier alpha value is -2.56. The number of nitrogens with one attached hydrogen (secondary N) is 2. The van der Waals surface area contributed by atoms with Gasteiger partial charge in [-0.25, -0.2) is 14.2 Å². The Morgan fingerprint density at radius 1 is 1.12 bits per heavy atom. The van der Waals surface area contributed by atoms with Gasteiger partial charge in [-0.2, -0.15) is 8.42 Å². The largest absolute Gasteiger partial charge is 0.317 e. The molecule has 1 saturated heterocycles. The summed E-state index contributed by atoms with van der Waals surface area (Å²) in [6.45, 7) is 2.07. The van der Waals surface area contributed by atoms with Crippen LogP contribution in [0.5, 0.6) is 0 Å². The summed E-state index contributed by atoms with van der Waals surface area (Å²) in [6.07, 6.45) is 3.65. The summed E-state index contributed by atoms with van der Waals surface area (Å²) in [6, 6.07) is 9.88. The smallest absolute Gasteiger partial charge is 0.303 e. The molecule has 9 nitrogen and oxygen atoms in total. The third-order valence-electron chi connectivity index (χ3n) is 4.73. The SMILES string of the molecule is NS(=O)(=O)n1ccc(-c2ccc(C3CCNCC3)cc2)c1-c1nnn[nH]1. The molecule has 0 aliphatic carbocycles. The second-order valence-corrected chi connectivity index (χ2v) is 7.74. The lowest BCUT2D eigenvalue weighted by Crippen LogP contribution is -2.26. The summed E-state index contributed by atoms with van der Waals surface area (Å²) in [4.78, 5) is 0. The number of nitrogens with zero attached hydrogens (tertiary/aromatic N) is 4. The second kappa shape index (κ2) is 6.63. The maximum atomic E-state index is 11.9. The Morgan fingerprint density at radius 3 is 2.46 bits per heavy atom. The fourth-order valence-electron chi connectivity index (χ4n) is 3.44. The Kier molecular flexibility index (Phi) is 4.31. The van der Waals surface area contributed by atoms with Gasteiger partial charge in [0, 0.05) is 11.8 Å². The summed E-state index contributed by atoms with van der Waals surface area (Å²) in [7, 11) is -3.98. The first kappa shape index (κ1) is 16.9. The number of H-pyrrole nitrogens is 1. The normalized spacial score (nSPS) is 16.0. The highest BCUT2D eigenvalue weighted by Crippen LogP contribution is 2.33. The van der Waals surface area contributed by atoms with Crippen LogP contribution in [-0.2, 0) is 10.2 Å². The minimum Gasteiger partial charge on any atom is -0.317 e. The van der Waals surface area contributed by atoms with E-state index in [0.717, 1.165) is 35.5 Å². The van der Waals surface area contributed by atoms with Crippen LogP contribution in [-0.4, -0.2) is 46.1 Å². The minimum absolute atomic E-state index is 0.237. The Bertz CT molecular complexity index is 988. The molecule has 0 radical (unpaired) electrons. The average Bonchev–Trinajstić information content (AvgIpc) is 3.31. The monoisotopic (exact) mass is 373 g/mol. The maximum Gasteiger partial charge on any atom is 0.303 e. The van der Waals surface area contributed by atoms with Crippen molar-refractivity contribution in [1.29, 1.82) is 0 Å². The Labute approximate surface area is 150 Å². The van der Waals surface area contributed by atoms with Crippen LogP contribution in [0.3, 0.4) is 0 Å². The number of aromatic nitrogens is 5. The van der Waals surface area contributed by atoms with Gasteiger partial charge in [0.05, 0.1) is 0 Å². The van der Waals surface area contributed by atoms with Gasteiger partial charge in [0.15, 0.2) is 5.82 Å². The first-order valence-electron chi connectivity index (χ1n) is 8.34. The average molecular weight is 373 g/mol. The molecule has 0 atom stereocenters. The van der Waals surface area contributed by atoms with E-state index < -0.39 is 10.2 Å². The molecule has 1 aliphatic rings. The van der Waals surface area contributed by atoms with Crippen LogP contribution < -0.4 is 10.5 Å². The third-order valence-corrected chi connectivity index (χ3v) is 5.58. The molecule has 1 aromatic carbocycles. The van der Waals surface area contributed by atoms with Crippen molar-refractivity contribution < 1.29 is 8.42 Å². The van der Waals surface area contributed by atoms with Crippen LogP contribution in [0.25, 0.3) is 22.6 Å². The molecule has 0 saturated carbocycles. The van der Waals surface area contributed by atoms with E-state index in [9.17, 15) is 8.42 Å². The van der Waals surface area contributed by atoms with Crippen molar-refractivity contribution in [3.05, 3.63) is 42.1 Å². The van der Waals surface area contributed by atoms with Crippen molar-refractivity contribution in [3.63, 3.8) is 0 Å². The van der Waals surface area contributed by atoms with Crippen LogP contribution in [0.4, 0.5) is 0 Å². The van der Waals surface area contributed by atoms with Crippen LogP contribution in [0.1, 0.15) is 24.3 Å². The van der Waals surface area contributed by atoms with Crippen molar-refractivity contribution >= 4 is 10.2 Å². The number of benzene rings is 1. The number of tetrazole rings is 1. The van der Waals surface area contributed by atoms with E-state index in [1.54, 1.807) is 6.07 Å². The first-order chi connectivity index (χ1) is 12.5. The predicted molar refractivity (Wildman–Crippen MR) is 96.4 cm³/mol. The quantitative estimate of drug-likeness (QED) is 0.621. The molecular formula is C16H19N7O2S. The van der Waals surface area contributed by atoms with E-state index in [1.807, 2.05) is 12.1 Å². The standard InChI is InChI=1S/C16H19N7O2S/c17-26(24,25)23-10-7-14(15(23)16-19-21-22-20-16)13-3-1-11(2-4-13)12-5-8-18-9-6-12/h1-4,7,10,12,18H,5-6,8-9H2,(H2,17,24,25)(H,19,20,21,22). The molecule has 4 rings (SSSR count). The van der Waals surface area contributed by atoms with Crippen molar-refractivity contribution in [2.45, 2.75) is 18.8 Å². The molecule has 3 heterocycles. The number of hydrogen-bond donors (Lipinski definition) is 3. The van der Waals surface area contributed by atoms with E-state index in [-0.39, 0.29) is 5.82 Å². The van der Waals surface area contributed by atoms with Gasteiger partial charge < -0.3 is 5.32 Å². The fraction of sp³-hybridized carbons (Fsp3) is 0.312. The lowest BCUT2D eigenvalue weighted by atomic mass is 9.89. The molecule has 1 fully saturated rings. The zero-order valence-corrected chi connectivity index (χ0v) is 14.8. The molecule has 3 aromatic rings. The topological polar surface area (TPSA) is 132 Å². The zero-order valence-electron chi connectivity index (χ0n) is 14.0. The van der Waals surface area contributed by atoms with Gasteiger partial charge in [-0.05, 0) is 59.5 Å². The van der Waals surface area contributed by atoms with Crippen LogP contribution in [0.2, 0.25) is 0 Å². The van der Waals surface area contributed by atoms with Gasteiger partial charge in [-0.15, -0.1) is 5.10 Å². The molecular weight excluding hydrogens is 354 g/mol. The number of nitrogens with two attached hydrogens (primary N) is 1.